The average Bonchev–Trinajstić information content (AvgIpc) is 3.08. The molecule has 2 aromatic rings. The summed E-state index contributed by atoms with van der Waals surface area (Å²) in [5.74, 6) is 1.63. The lowest BCUT2D eigenvalue weighted by molar-refractivity contribution is -0.115. The Hall–Kier alpha value is -2.87. The maximum atomic E-state index is 12.1. The van der Waals surface area contributed by atoms with Crippen LogP contribution in [-0.2, 0) is 4.79 Å². The minimum Gasteiger partial charge on any atom is -0.394 e. The van der Waals surface area contributed by atoms with Gasteiger partial charge in [-0.05, 0) is 31.8 Å². The number of rotatable bonds is 5. The Balaban J connectivity index is 1.60. The number of carbonyl (C=O) groups is 1. The molecule has 4 heterocycles. The van der Waals surface area contributed by atoms with Gasteiger partial charge in [-0.15, -0.1) is 0 Å². The second-order valence-electron chi connectivity index (χ2n) is 7.83. The molecule has 3 fully saturated rings. The van der Waals surface area contributed by atoms with Gasteiger partial charge >= 0.3 is 0 Å². The van der Waals surface area contributed by atoms with Gasteiger partial charge in [-0.3, -0.25) is 4.79 Å². The molecule has 1 aliphatic carbocycles. The molecule has 0 spiro atoms. The molecule has 28 heavy (non-hydrogen) atoms. The largest absolute Gasteiger partial charge is 0.394 e. The zero-order valence-electron chi connectivity index (χ0n) is 15.7. The molecule has 3 aliphatic rings. The molecule has 2 aromatic heterocycles. The van der Waals surface area contributed by atoms with Crippen LogP contribution in [0.15, 0.2) is 30.1 Å². The summed E-state index contributed by atoms with van der Waals surface area (Å²) in [5, 5.41) is 20.5. The molecule has 5 rings (SSSR count). The third kappa shape index (κ3) is 3.03. The fourth-order valence-corrected chi connectivity index (χ4v) is 3.98. The number of aliphatic hydroxyl groups is 1. The van der Waals surface area contributed by atoms with Crippen molar-refractivity contribution in [2.45, 2.75) is 44.2 Å². The summed E-state index contributed by atoms with van der Waals surface area (Å²) in [5.41, 5.74) is 2.89. The van der Waals surface area contributed by atoms with Crippen molar-refractivity contribution in [3.8, 4) is 0 Å². The van der Waals surface area contributed by atoms with Gasteiger partial charge in [-0.2, -0.15) is 9.61 Å². The van der Waals surface area contributed by atoms with E-state index in [4.69, 9.17) is 4.98 Å². The van der Waals surface area contributed by atoms with Crippen LogP contribution in [0.25, 0.3) is 11.7 Å². The van der Waals surface area contributed by atoms with Crippen LogP contribution < -0.4 is 15.5 Å². The number of anilines is 2. The van der Waals surface area contributed by atoms with E-state index in [9.17, 15) is 9.90 Å². The van der Waals surface area contributed by atoms with Crippen molar-refractivity contribution in [2.75, 3.05) is 23.4 Å². The van der Waals surface area contributed by atoms with Crippen molar-refractivity contribution in [3.05, 3.63) is 35.7 Å². The van der Waals surface area contributed by atoms with Crippen molar-refractivity contribution in [1.29, 1.82) is 0 Å². The molecule has 0 unspecified atom stereocenters. The zero-order valence-corrected chi connectivity index (χ0v) is 15.7. The van der Waals surface area contributed by atoms with Crippen molar-refractivity contribution in [2.24, 2.45) is 0 Å². The summed E-state index contributed by atoms with van der Waals surface area (Å²) in [6, 6.07) is 2.59. The number of fused-ring (bicyclic) bond motifs is 1. The molecule has 2 saturated heterocycles. The molecule has 146 valence electrons. The van der Waals surface area contributed by atoms with Gasteiger partial charge in [0.05, 0.1) is 18.8 Å². The van der Waals surface area contributed by atoms with E-state index in [1.807, 2.05) is 12.1 Å². The minimum absolute atomic E-state index is 0.0948. The summed E-state index contributed by atoms with van der Waals surface area (Å²) >= 11 is 0. The standard InChI is InChI=1S/C20H24N6O2/c1-12-7-13(20(28)22-12)8-14-10-21-26-18(23-15-4-5-15)9-17(24-19(14)26)25-6-2-3-16(25)11-27/h8-10,15-16,23,27H,1-7,11H2,(H,22,28)/b13-8+/t16-/m1/s1. The van der Waals surface area contributed by atoms with Gasteiger partial charge in [0.15, 0.2) is 5.65 Å². The molecule has 1 saturated carbocycles. The molecule has 8 heteroatoms. The number of hydrogen-bond acceptors (Lipinski definition) is 6. The highest BCUT2D eigenvalue weighted by atomic mass is 16.3. The first-order valence-corrected chi connectivity index (χ1v) is 9.85. The Kier molecular flexibility index (Phi) is 4.08. The van der Waals surface area contributed by atoms with E-state index in [-0.39, 0.29) is 18.6 Å². The van der Waals surface area contributed by atoms with Crippen molar-refractivity contribution in [1.82, 2.24) is 19.9 Å². The van der Waals surface area contributed by atoms with Crippen LogP contribution >= 0.6 is 0 Å². The second-order valence-corrected chi connectivity index (χ2v) is 7.83. The number of amides is 1. The lowest BCUT2D eigenvalue weighted by atomic mass is 10.1. The van der Waals surface area contributed by atoms with Crippen LogP contribution in [0.2, 0.25) is 0 Å². The number of nitrogens with one attached hydrogen (secondary N) is 2. The normalized spacial score (nSPS) is 23.8. The molecule has 3 N–H and O–H groups in total. The zero-order chi connectivity index (χ0) is 19.3. The SMILES string of the molecule is C=C1C/C(=C\c2cnn3c(NC4CC4)cc(N4CCC[C@@H]4CO)nc23)C(=O)N1. The lowest BCUT2D eigenvalue weighted by Crippen LogP contribution is -2.33. The number of carbonyl (C=O) groups excluding carboxylic acids is 1. The van der Waals surface area contributed by atoms with Crippen LogP contribution in [0.5, 0.6) is 0 Å². The number of allylic oxidation sites excluding steroid dienone is 1. The molecular weight excluding hydrogens is 356 g/mol. The summed E-state index contributed by atoms with van der Waals surface area (Å²) in [4.78, 5) is 19.1. The fourth-order valence-electron chi connectivity index (χ4n) is 3.98. The smallest absolute Gasteiger partial charge is 0.251 e. The van der Waals surface area contributed by atoms with Crippen LogP contribution in [0.3, 0.4) is 0 Å². The lowest BCUT2D eigenvalue weighted by Gasteiger charge is -2.25. The molecule has 0 radical (unpaired) electrons. The molecule has 8 nitrogen and oxygen atoms in total. The minimum atomic E-state index is -0.114. The van der Waals surface area contributed by atoms with E-state index in [2.05, 4.69) is 27.2 Å². The maximum Gasteiger partial charge on any atom is 0.251 e. The number of aromatic nitrogens is 3. The second kappa shape index (κ2) is 6.63. The van der Waals surface area contributed by atoms with Gasteiger partial charge in [-0.25, -0.2) is 4.98 Å². The van der Waals surface area contributed by atoms with Gasteiger partial charge in [0.2, 0.25) is 0 Å². The van der Waals surface area contributed by atoms with Gasteiger partial charge in [0, 0.05) is 41.9 Å². The summed E-state index contributed by atoms with van der Waals surface area (Å²) in [7, 11) is 0. The Morgan fingerprint density at radius 1 is 1.39 bits per heavy atom. The predicted molar refractivity (Wildman–Crippen MR) is 107 cm³/mol. The number of hydrogen-bond donors (Lipinski definition) is 3. The van der Waals surface area contributed by atoms with Crippen LogP contribution in [0.4, 0.5) is 11.6 Å². The number of nitrogens with zero attached hydrogens (tertiary/aromatic N) is 4. The highest BCUT2D eigenvalue weighted by Gasteiger charge is 2.28. The van der Waals surface area contributed by atoms with E-state index in [1.165, 1.54) is 0 Å². The monoisotopic (exact) mass is 380 g/mol. The third-order valence-corrected chi connectivity index (χ3v) is 5.61. The summed E-state index contributed by atoms with van der Waals surface area (Å²) in [6.45, 7) is 4.84. The Labute approximate surface area is 162 Å². The van der Waals surface area contributed by atoms with Gasteiger partial charge in [-0.1, -0.05) is 6.58 Å². The van der Waals surface area contributed by atoms with E-state index in [0.29, 0.717) is 29.4 Å². The Morgan fingerprint density at radius 2 is 2.25 bits per heavy atom. The van der Waals surface area contributed by atoms with Crippen LogP contribution in [-0.4, -0.2) is 50.8 Å². The van der Waals surface area contributed by atoms with E-state index < -0.39 is 0 Å². The molecule has 0 aromatic carbocycles. The van der Waals surface area contributed by atoms with Gasteiger partial charge in [0.1, 0.15) is 11.6 Å². The molecular formula is C20H24N6O2. The molecule has 2 aliphatic heterocycles. The van der Waals surface area contributed by atoms with Gasteiger partial charge in [0.25, 0.3) is 5.91 Å². The van der Waals surface area contributed by atoms with E-state index >= 15 is 0 Å². The molecule has 0 bridgehead atoms. The van der Waals surface area contributed by atoms with E-state index in [1.54, 1.807) is 10.7 Å². The van der Waals surface area contributed by atoms with Crippen molar-refractivity contribution >= 4 is 29.3 Å². The first kappa shape index (κ1) is 17.2. The predicted octanol–water partition coefficient (Wildman–Crippen LogP) is 1.68. The maximum absolute atomic E-state index is 12.1. The number of aliphatic hydroxyl groups excluding tert-OH is 1. The highest BCUT2D eigenvalue weighted by Crippen LogP contribution is 2.31. The first-order valence-electron chi connectivity index (χ1n) is 9.85. The quantitative estimate of drug-likeness (QED) is 0.684. The highest BCUT2D eigenvalue weighted by molar-refractivity contribution is 6.02. The average molecular weight is 380 g/mol. The Morgan fingerprint density at radius 3 is 2.96 bits per heavy atom. The van der Waals surface area contributed by atoms with Crippen molar-refractivity contribution in [3.63, 3.8) is 0 Å². The third-order valence-electron chi connectivity index (χ3n) is 5.61. The molecule has 1 amide bonds. The van der Waals surface area contributed by atoms with Crippen LogP contribution in [0, 0.1) is 0 Å². The fraction of sp³-hybridized carbons (Fsp3) is 0.450. The Bertz CT molecular complexity index is 990. The summed E-state index contributed by atoms with van der Waals surface area (Å²) < 4.78 is 1.81. The van der Waals surface area contributed by atoms with Crippen molar-refractivity contribution < 1.29 is 9.90 Å². The topological polar surface area (TPSA) is 94.8 Å². The molecule has 1 atom stereocenters. The van der Waals surface area contributed by atoms with Gasteiger partial charge < -0.3 is 20.6 Å². The van der Waals surface area contributed by atoms with E-state index in [0.717, 1.165) is 49.4 Å². The summed E-state index contributed by atoms with van der Waals surface area (Å²) in [6.07, 6.45) is 8.43. The first-order chi connectivity index (χ1) is 13.6. The van der Waals surface area contributed by atoms with Crippen LogP contribution in [0.1, 0.15) is 37.7 Å².